The number of ether oxygens (including phenoxy) is 1. The van der Waals surface area contributed by atoms with Crippen LogP contribution >= 0.6 is 0 Å². The van der Waals surface area contributed by atoms with E-state index in [0.717, 1.165) is 0 Å². The summed E-state index contributed by atoms with van der Waals surface area (Å²) >= 11 is 0. The lowest BCUT2D eigenvalue weighted by molar-refractivity contribution is 0.0970. The van der Waals surface area contributed by atoms with Crippen molar-refractivity contribution >= 4 is 15.9 Å². The molecule has 3 N–H and O–H groups in total. The minimum atomic E-state index is -3.39. The summed E-state index contributed by atoms with van der Waals surface area (Å²) in [6.07, 6.45) is 1.03. The lowest BCUT2D eigenvalue weighted by atomic mass is 10.2. The summed E-state index contributed by atoms with van der Waals surface area (Å²) in [6, 6.07) is -0.188. The third-order valence-corrected chi connectivity index (χ3v) is 5.34. The lowest BCUT2D eigenvalue weighted by Crippen LogP contribution is -2.48. The minimum absolute atomic E-state index is 0.0304. The number of nitrogens with one attached hydrogen (secondary N) is 1. The van der Waals surface area contributed by atoms with Gasteiger partial charge in [-0.2, -0.15) is 4.31 Å². The van der Waals surface area contributed by atoms with E-state index in [-0.39, 0.29) is 18.4 Å². The maximum absolute atomic E-state index is 12.4. The second kappa shape index (κ2) is 5.79. The van der Waals surface area contributed by atoms with Crippen LogP contribution in [0.5, 0.6) is 0 Å². The molecule has 0 aromatic carbocycles. The van der Waals surface area contributed by atoms with Gasteiger partial charge in [-0.3, -0.25) is 5.41 Å². The summed E-state index contributed by atoms with van der Waals surface area (Å²) in [4.78, 5) is 0. The molecule has 0 atom stereocenters. The predicted octanol–water partition coefficient (Wildman–Crippen LogP) is 0.142. The third kappa shape index (κ3) is 3.65. The molecule has 7 heteroatoms. The summed E-state index contributed by atoms with van der Waals surface area (Å²) in [5, 5.41) is 6.85. The van der Waals surface area contributed by atoms with Crippen molar-refractivity contribution in [1.29, 1.82) is 5.41 Å². The van der Waals surface area contributed by atoms with Crippen molar-refractivity contribution in [2.24, 2.45) is 5.73 Å². The predicted molar refractivity (Wildman–Crippen MR) is 66.5 cm³/mol. The average molecular weight is 263 g/mol. The molecule has 0 unspecified atom stereocenters. The molecule has 0 spiro atoms. The molecular weight excluding hydrogens is 242 g/mol. The molecule has 17 heavy (non-hydrogen) atoms. The van der Waals surface area contributed by atoms with E-state index in [9.17, 15) is 8.42 Å². The zero-order chi connectivity index (χ0) is 13.1. The van der Waals surface area contributed by atoms with Gasteiger partial charge in [0.1, 0.15) is 5.84 Å². The topological polar surface area (TPSA) is 96.5 Å². The van der Waals surface area contributed by atoms with Crippen LogP contribution in [0, 0.1) is 5.41 Å². The van der Waals surface area contributed by atoms with Crippen molar-refractivity contribution in [3.05, 3.63) is 0 Å². The van der Waals surface area contributed by atoms with Crippen LogP contribution < -0.4 is 5.73 Å². The van der Waals surface area contributed by atoms with Gasteiger partial charge in [-0.1, -0.05) is 0 Å². The van der Waals surface area contributed by atoms with Crippen LogP contribution in [0.15, 0.2) is 0 Å². The van der Waals surface area contributed by atoms with E-state index in [1.54, 1.807) is 13.8 Å². The smallest absolute Gasteiger partial charge is 0.217 e. The molecule has 0 saturated carbocycles. The van der Waals surface area contributed by atoms with E-state index < -0.39 is 15.3 Å². The SMILES string of the molecule is CC(C)N(CC(=N)N)S(=O)(=O)C1CCOCC1. The normalized spacial score (nSPS) is 18.8. The molecule has 1 aliphatic rings. The van der Waals surface area contributed by atoms with Crippen molar-refractivity contribution in [2.45, 2.75) is 38.0 Å². The molecule has 0 aliphatic carbocycles. The van der Waals surface area contributed by atoms with Gasteiger partial charge in [-0.15, -0.1) is 0 Å². The largest absolute Gasteiger partial charge is 0.387 e. The fraction of sp³-hybridized carbons (Fsp3) is 0.900. The molecule has 1 heterocycles. The zero-order valence-electron chi connectivity index (χ0n) is 10.3. The summed E-state index contributed by atoms with van der Waals surface area (Å²) in [6.45, 7) is 4.52. The molecule has 6 nitrogen and oxygen atoms in total. The van der Waals surface area contributed by atoms with Gasteiger partial charge in [0.15, 0.2) is 0 Å². The fourth-order valence-corrected chi connectivity index (χ4v) is 3.98. The Labute approximate surface area is 103 Å². The first-order valence-corrected chi connectivity index (χ1v) is 7.27. The van der Waals surface area contributed by atoms with Gasteiger partial charge < -0.3 is 10.5 Å². The van der Waals surface area contributed by atoms with Crippen LogP contribution in [-0.4, -0.2) is 49.6 Å². The molecule has 1 aliphatic heterocycles. The summed E-state index contributed by atoms with van der Waals surface area (Å²) < 4.78 is 31.2. The second-order valence-corrected chi connectivity index (χ2v) is 6.69. The van der Waals surface area contributed by atoms with Gasteiger partial charge in [0, 0.05) is 19.3 Å². The fourth-order valence-electron chi connectivity index (χ4n) is 1.90. The summed E-state index contributed by atoms with van der Waals surface area (Å²) in [7, 11) is -3.39. The third-order valence-electron chi connectivity index (χ3n) is 2.82. The van der Waals surface area contributed by atoms with E-state index in [2.05, 4.69) is 0 Å². The average Bonchev–Trinajstić information content (AvgIpc) is 2.26. The Bertz CT molecular complexity index is 361. The Morgan fingerprint density at radius 3 is 2.41 bits per heavy atom. The Morgan fingerprint density at radius 1 is 1.47 bits per heavy atom. The number of nitrogens with two attached hydrogens (primary N) is 1. The molecule has 100 valence electrons. The summed E-state index contributed by atoms with van der Waals surface area (Å²) in [5.41, 5.74) is 5.31. The van der Waals surface area contributed by atoms with Gasteiger partial charge >= 0.3 is 0 Å². The molecule has 0 amide bonds. The highest BCUT2D eigenvalue weighted by Crippen LogP contribution is 2.21. The first-order chi connectivity index (χ1) is 7.85. The number of amidine groups is 1. The molecule has 0 bridgehead atoms. The molecule has 0 radical (unpaired) electrons. The van der Waals surface area contributed by atoms with Crippen LogP contribution in [-0.2, 0) is 14.8 Å². The number of hydrogen-bond donors (Lipinski definition) is 2. The molecule has 1 saturated heterocycles. The van der Waals surface area contributed by atoms with Gasteiger partial charge in [-0.25, -0.2) is 8.42 Å². The molecular formula is C10H21N3O3S. The van der Waals surface area contributed by atoms with Crippen molar-refractivity contribution < 1.29 is 13.2 Å². The van der Waals surface area contributed by atoms with Gasteiger partial charge in [0.25, 0.3) is 0 Å². The van der Waals surface area contributed by atoms with Crippen LogP contribution in [0.4, 0.5) is 0 Å². The Balaban J connectivity index is 2.86. The standard InChI is InChI=1S/C10H21N3O3S/c1-8(2)13(7-10(11)12)17(14,15)9-3-5-16-6-4-9/h8-9H,3-7H2,1-2H3,(H3,11,12). The lowest BCUT2D eigenvalue weighted by Gasteiger charge is -2.31. The van der Waals surface area contributed by atoms with Gasteiger partial charge in [-0.05, 0) is 26.7 Å². The van der Waals surface area contributed by atoms with Gasteiger partial charge in [0.05, 0.1) is 11.8 Å². The first-order valence-electron chi connectivity index (χ1n) is 5.77. The maximum Gasteiger partial charge on any atom is 0.217 e. The van der Waals surface area contributed by atoms with Crippen LogP contribution in [0.3, 0.4) is 0 Å². The zero-order valence-corrected chi connectivity index (χ0v) is 11.2. The van der Waals surface area contributed by atoms with E-state index in [4.69, 9.17) is 15.9 Å². The highest BCUT2D eigenvalue weighted by atomic mass is 32.2. The first kappa shape index (κ1) is 14.4. The van der Waals surface area contributed by atoms with Crippen molar-refractivity contribution in [3.63, 3.8) is 0 Å². The van der Waals surface area contributed by atoms with Crippen LogP contribution in [0.2, 0.25) is 0 Å². The number of hydrogen-bond acceptors (Lipinski definition) is 4. The Morgan fingerprint density at radius 2 is 2.00 bits per heavy atom. The monoisotopic (exact) mass is 263 g/mol. The quantitative estimate of drug-likeness (QED) is 0.544. The van der Waals surface area contributed by atoms with Gasteiger partial charge in [0.2, 0.25) is 10.0 Å². The molecule has 0 aromatic rings. The van der Waals surface area contributed by atoms with E-state index >= 15 is 0 Å². The van der Waals surface area contributed by atoms with Crippen molar-refractivity contribution in [3.8, 4) is 0 Å². The minimum Gasteiger partial charge on any atom is -0.387 e. The maximum atomic E-state index is 12.4. The van der Waals surface area contributed by atoms with Crippen molar-refractivity contribution in [2.75, 3.05) is 19.8 Å². The van der Waals surface area contributed by atoms with E-state index in [0.29, 0.717) is 26.1 Å². The van der Waals surface area contributed by atoms with E-state index in [1.807, 2.05) is 0 Å². The number of rotatable bonds is 5. The highest BCUT2D eigenvalue weighted by molar-refractivity contribution is 7.89. The Hall–Kier alpha value is -0.660. The highest BCUT2D eigenvalue weighted by Gasteiger charge is 2.34. The second-order valence-electron chi connectivity index (χ2n) is 4.52. The Kier molecular flexibility index (Phi) is 4.91. The van der Waals surface area contributed by atoms with Crippen LogP contribution in [0.25, 0.3) is 0 Å². The number of nitrogens with zero attached hydrogens (tertiary/aromatic N) is 1. The van der Waals surface area contributed by atoms with Crippen molar-refractivity contribution in [1.82, 2.24) is 4.31 Å². The molecule has 1 rings (SSSR count). The molecule has 0 aromatic heterocycles. The number of sulfonamides is 1. The molecule has 1 fully saturated rings. The van der Waals surface area contributed by atoms with Crippen LogP contribution in [0.1, 0.15) is 26.7 Å². The van der Waals surface area contributed by atoms with E-state index in [1.165, 1.54) is 4.31 Å². The summed E-state index contributed by atoms with van der Waals surface area (Å²) in [5.74, 6) is -0.130.